The first-order chi connectivity index (χ1) is 19.9. The normalized spacial score (nSPS) is 13.4. The van der Waals surface area contributed by atoms with Crippen LogP contribution in [0.3, 0.4) is 0 Å². The highest BCUT2D eigenvalue weighted by atomic mass is 127. The number of rotatable bonds is 8. The molecule has 41 heavy (non-hydrogen) atoms. The number of thiocarbonyl (C=S) groups is 1. The molecular formula is C32H24ClIN2O4S. The smallest absolute Gasteiger partial charge is 0.270 e. The van der Waals surface area contributed by atoms with E-state index in [1.54, 1.807) is 42.5 Å². The first kappa shape index (κ1) is 28.8. The molecule has 5 rings (SSSR count). The van der Waals surface area contributed by atoms with E-state index >= 15 is 0 Å². The summed E-state index contributed by atoms with van der Waals surface area (Å²) in [7, 11) is 0. The molecule has 0 atom stereocenters. The van der Waals surface area contributed by atoms with Gasteiger partial charge in [-0.25, -0.2) is 0 Å². The summed E-state index contributed by atoms with van der Waals surface area (Å²) < 4.78 is 12.8. The highest BCUT2D eigenvalue weighted by Gasteiger charge is 2.41. The van der Waals surface area contributed by atoms with Gasteiger partial charge in [-0.05, 0) is 107 Å². The zero-order chi connectivity index (χ0) is 28.9. The number of anilines is 2. The van der Waals surface area contributed by atoms with Gasteiger partial charge in [-0.15, -0.1) is 0 Å². The lowest BCUT2D eigenvalue weighted by Crippen LogP contribution is -2.56. The largest absolute Gasteiger partial charge is 0.490 e. The molecule has 4 aromatic carbocycles. The van der Waals surface area contributed by atoms with E-state index in [1.807, 2.05) is 67.6 Å². The van der Waals surface area contributed by atoms with Gasteiger partial charge in [0, 0.05) is 5.02 Å². The Kier molecular flexibility index (Phi) is 9.02. The van der Waals surface area contributed by atoms with Crippen LogP contribution in [-0.4, -0.2) is 23.5 Å². The van der Waals surface area contributed by atoms with Crippen molar-refractivity contribution in [3.05, 3.63) is 122 Å². The second kappa shape index (κ2) is 12.8. The minimum absolute atomic E-state index is 0.0304. The van der Waals surface area contributed by atoms with E-state index in [9.17, 15) is 9.59 Å². The quantitative estimate of drug-likeness (QED) is 0.0821. The summed E-state index contributed by atoms with van der Waals surface area (Å²) in [6.07, 6.45) is 1.57. The summed E-state index contributed by atoms with van der Waals surface area (Å²) in [6, 6.07) is 29.1. The predicted molar refractivity (Wildman–Crippen MR) is 175 cm³/mol. The maximum atomic E-state index is 13.8. The molecule has 9 heteroatoms. The third kappa shape index (κ3) is 6.29. The zero-order valence-electron chi connectivity index (χ0n) is 21.9. The van der Waals surface area contributed by atoms with Gasteiger partial charge in [0.15, 0.2) is 16.6 Å². The predicted octanol–water partition coefficient (Wildman–Crippen LogP) is 7.67. The Hall–Kier alpha value is -3.73. The van der Waals surface area contributed by atoms with E-state index in [-0.39, 0.29) is 10.7 Å². The standard InChI is InChI=1S/C32H24ClIN2O4S/c1-2-39-28-19-22(18-27(34)29(28)40-20-21-10-9-11-23(33)16-21)17-26-30(37)35(24-12-5-3-6-13-24)32(41)36(31(26)38)25-14-7-4-8-15-25/h3-19H,2,20H2,1H3. The van der Waals surface area contributed by atoms with E-state index in [2.05, 4.69) is 22.6 Å². The van der Waals surface area contributed by atoms with E-state index in [1.165, 1.54) is 9.80 Å². The van der Waals surface area contributed by atoms with Crippen LogP contribution >= 0.6 is 46.4 Å². The van der Waals surface area contributed by atoms with Crippen LogP contribution in [0.1, 0.15) is 18.1 Å². The maximum absolute atomic E-state index is 13.8. The van der Waals surface area contributed by atoms with Gasteiger partial charge in [-0.2, -0.15) is 0 Å². The maximum Gasteiger partial charge on any atom is 0.270 e. The number of amides is 2. The van der Waals surface area contributed by atoms with E-state index < -0.39 is 11.8 Å². The Labute approximate surface area is 262 Å². The molecule has 0 aromatic heterocycles. The van der Waals surface area contributed by atoms with Crippen LogP contribution in [0.4, 0.5) is 11.4 Å². The summed E-state index contributed by atoms with van der Waals surface area (Å²) >= 11 is 14.0. The molecule has 0 bridgehead atoms. The van der Waals surface area contributed by atoms with Crippen molar-refractivity contribution < 1.29 is 19.1 Å². The molecule has 0 radical (unpaired) electrons. The molecule has 1 saturated heterocycles. The number of halogens is 2. The summed E-state index contributed by atoms with van der Waals surface area (Å²) in [5.41, 5.74) is 2.63. The van der Waals surface area contributed by atoms with Crippen molar-refractivity contribution in [2.75, 3.05) is 16.4 Å². The van der Waals surface area contributed by atoms with Crippen molar-refractivity contribution in [3.8, 4) is 11.5 Å². The molecule has 0 N–H and O–H groups in total. The van der Waals surface area contributed by atoms with Crippen LogP contribution in [-0.2, 0) is 16.2 Å². The molecule has 1 aliphatic rings. The number of ether oxygens (including phenoxy) is 2. The molecule has 0 aliphatic carbocycles. The fraction of sp³-hybridized carbons (Fsp3) is 0.0938. The average molecular weight is 695 g/mol. The van der Waals surface area contributed by atoms with Crippen LogP contribution in [0.5, 0.6) is 11.5 Å². The fourth-order valence-electron chi connectivity index (χ4n) is 4.36. The van der Waals surface area contributed by atoms with Crippen LogP contribution in [0, 0.1) is 3.57 Å². The van der Waals surface area contributed by atoms with Gasteiger partial charge in [-0.3, -0.25) is 19.4 Å². The monoisotopic (exact) mass is 694 g/mol. The van der Waals surface area contributed by atoms with E-state index in [0.29, 0.717) is 46.7 Å². The number of hydrogen-bond donors (Lipinski definition) is 0. The molecule has 1 aliphatic heterocycles. The first-order valence-electron chi connectivity index (χ1n) is 12.8. The Balaban J connectivity index is 1.55. The molecule has 1 fully saturated rings. The Morgan fingerprint density at radius 3 is 2.00 bits per heavy atom. The molecule has 0 unspecified atom stereocenters. The molecule has 206 valence electrons. The molecule has 0 spiro atoms. The van der Waals surface area contributed by atoms with Crippen molar-refractivity contribution in [2.45, 2.75) is 13.5 Å². The summed E-state index contributed by atoms with van der Waals surface area (Å²) in [4.78, 5) is 30.4. The van der Waals surface area contributed by atoms with Crippen molar-refractivity contribution in [1.29, 1.82) is 0 Å². The number of hydrogen-bond acceptors (Lipinski definition) is 5. The van der Waals surface area contributed by atoms with Crippen molar-refractivity contribution >= 4 is 80.8 Å². The number of carbonyl (C=O) groups excluding carboxylic acids is 2. The summed E-state index contributed by atoms with van der Waals surface area (Å²) in [6.45, 7) is 2.58. The lowest BCUT2D eigenvalue weighted by Gasteiger charge is -2.36. The van der Waals surface area contributed by atoms with Gasteiger partial charge in [0.25, 0.3) is 11.8 Å². The lowest BCUT2D eigenvalue weighted by molar-refractivity contribution is -0.120. The molecule has 6 nitrogen and oxygen atoms in total. The Morgan fingerprint density at radius 1 is 0.829 bits per heavy atom. The van der Waals surface area contributed by atoms with Gasteiger partial charge in [0.2, 0.25) is 0 Å². The Morgan fingerprint density at radius 2 is 1.44 bits per heavy atom. The van der Waals surface area contributed by atoms with Gasteiger partial charge >= 0.3 is 0 Å². The van der Waals surface area contributed by atoms with Crippen molar-refractivity contribution in [1.82, 2.24) is 0 Å². The number of para-hydroxylation sites is 2. The molecule has 1 heterocycles. The first-order valence-corrected chi connectivity index (χ1v) is 14.6. The fourth-order valence-corrected chi connectivity index (χ4v) is 5.73. The van der Waals surface area contributed by atoms with Crippen LogP contribution in [0.2, 0.25) is 5.02 Å². The van der Waals surface area contributed by atoms with Gasteiger partial charge in [0.1, 0.15) is 12.2 Å². The highest BCUT2D eigenvalue weighted by molar-refractivity contribution is 14.1. The van der Waals surface area contributed by atoms with Gasteiger partial charge in [0.05, 0.1) is 21.6 Å². The van der Waals surface area contributed by atoms with Crippen molar-refractivity contribution in [2.24, 2.45) is 0 Å². The summed E-state index contributed by atoms with van der Waals surface area (Å²) in [5.74, 6) is 0.0495. The zero-order valence-corrected chi connectivity index (χ0v) is 25.7. The van der Waals surface area contributed by atoms with Gasteiger partial charge < -0.3 is 9.47 Å². The third-order valence-corrected chi connectivity index (χ3v) is 7.59. The average Bonchev–Trinajstić information content (AvgIpc) is 2.96. The summed E-state index contributed by atoms with van der Waals surface area (Å²) in [5, 5.41) is 0.715. The van der Waals surface area contributed by atoms with Crippen molar-refractivity contribution in [3.63, 3.8) is 0 Å². The van der Waals surface area contributed by atoms with E-state index in [4.69, 9.17) is 33.3 Å². The van der Waals surface area contributed by atoms with Crippen LogP contribution < -0.4 is 19.3 Å². The minimum Gasteiger partial charge on any atom is -0.490 e. The van der Waals surface area contributed by atoms with E-state index in [0.717, 1.165) is 9.13 Å². The lowest BCUT2D eigenvalue weighted by atomic mass is 10.0. The Bertz CT molecular complexity index is 1580. The topological polar surface area (TPSA) is 59.1 Å². The molecule has 0 saturated carbocycles. The highest BCUT2D eigenvalue weighted by Crippen LogP contribution is 2.37. The minimum atomic E-state index is -0.507. The third-order valence-electron chi connectivity index (χ3n) is 6.19. The number of nitrogens with zero attached hydrogens (tertiary/aromatic N) is 2. The number of carbonyl (C=O) groups is 2. The second-order valence-electron chi connectivity index (χ2n) is 8.97. The molecule has 4 aromatic rings. The van der Waals surface area contributed by atoms with Crippen LogP contribution in [0.25, 0.3) is 6.08 Å². The number of benzene rings is 4. The molecular weight excluding hydrogens is 671 g/mol. The molecule has 2 amide bonds. The van der Waals surface area contributed by atoms with Gasteiger partial charge in [-0.1, -0.05) is 60.1 Å². The SMILES string of the molecule is CCOc1cc(C=C2C(=O)N(c3ccccc3)C(=S)N(c3ccccc3)C2=O)cc(I)c1OCc1cccc(Cl)c1. The van der Waals surface area contributed by atoms with Crippen LogP contribution in [0.15, 0.2) is 103 Å². The second-order valence-corrected chi connectivity index (χ2v) is 10.9.